The van der Waals surface area contributed by atoms with Crippen molar-refractivity contribution in [3.05, 3.63) is 51.7 Å². The van der Waals surface area contributed by atoms with Crippen molar-refractivity contribution >= 4 is 17.3 Å². The molecular formula is C24H32N6O2. The van der Waals surface area contributed by atoms with Crippen LogP contribution in [0.15, 0.2) is 29.2 Å². The number of aromatic amines is 1. The number of likely N-dealkylation sites (tertiary alicyclic amines) is 1. The lowest BCUT2D eigenvalue weighted by Crippen LogP contribution is -2.44. The first-order valence-corrected chi connectivity index (χ1v) is 11.8. The Morgan fingerprint density at radius 1 is 1.19 bits per heavy atom. The number of amides is 1. The molecule has 1 amide bonds. The van der Waals surface area contributed by atoms with Gasteiger partial charge in [0.1, 0.15) is 5.69 Å². The lowest BCUT2D eigenvalue weighted by atomic mass is 9.99. The molecule has 2 aromatic rings. The number of nitrogens with zero attached hydrogens (tertiary/aromatic N) is 3. The van der Waals surface area contributed by atoms with Crippen LogP contribution in [0.3, 0.4) is 0 Å². The van der Waals surface area contributed by atoms with Crippen LogP contribution in [-0.4, -0.2) is 66.6 Å². The fourth-order valence-electron chi connectivity index (χ4n) is 5.42. The topological polar surface area (TPSA) is 93.4 Å². The molecule has 0 saturated carbocycles. The van der Waals surface area contributed by atoms with Crippen molar-refractivity contribution in [2.75, 3.05) is 50.0 Å². The van der Waals surface area contributed by atoms with Crippen molar-refractivity contribution in [3.63, 3.8) is 0 Å². The highest BCUT2D eigenvalue weighted by atomic mass is 16.1. The van der Waals surface area contributed by atoms with Gasteiger partial charge in [0.2, 0.25) is 0 Å². The Labute approximate surface area is 188 Å². The predicted octanol–water partition coefficient (Wildman–Crippen LogP) is 1.95. The third kappa shape index (κ3) is 4.11. The summed E-state index contributed by atoms with van der Waals surface area (Å²) in [7, 11) is 1.62. The second-order valence-electron chi connectivity index (χ2n) is 9.16. The molecular weight excluding hydrogens is 404 g/mol. The normalized spacial score (nSPS) is 21.8. The zero-order valence-electron chi connectivity index (χ0n) is 18.7. The minimum atomic E-state index is -0.158. The number of carbonyl (C=O) groups is 1. The summed E-state index contributed by atoms with van der Waals surface area (Å²) in [5, 5.41) is 6.02. The number of pyridine rings is 2. The number of hydrogen-bond donors (Lipinski definition) is 3. The highest BCUT2D eigenvalue weighted by molar-refractivity contribution is 5.92. The van der Waals surface area contributed by atoms with Crippen LogP contribution >= 0.6 is 0 Å². The number of rotatable bonds is 4. The second-order valence-corrected chi connectivity index (χ2v) is 9.16. The lowest BCUT2D eigenvalue weighted by molar-refractivity contribution is 0.0958. The maximum Gasteiger partial charge on any atom is 0.269 e. The summed E-state index contributed by atoms with van der Waals surface area (Å²) in [6, 6.07) is 6.54. The molecule has 1 atom stereocenters. The lowest BCUT2D eigenvalue weighted by Gasteiger charge is -2.37. The number of H-pyrrole nitrogens is 1. The number of hydrogen-bond acceptors (Lipinski definition) is 6. The maximum absolute atomic E-state index is 12.5. The molecule has 5 rings (SSSR count). The Kier molecular flexibility index (Phi) is 5.87. The standard InChI is InChI=1S/C24H32N6O2/c1-25-24(32)20-5-4-18(14-27-20)29-11-7-17(8-12-29)30-10-6-16(15-30)21-13-22-19(23(31)28-21)3-2-9-26-22/h4-5,13-14,16-17,26H,2-3,6-12,15H2,1H3,(H,25,32)(H,28,31). The first-order chi connectivity index (χ1) is 15.6. The third-order valence-corrected chi connectivity index (χ3v) is 7.29. The molecule has 2 saturated heterocycles. The zero-order chi connectivity index (χ0) is 22.1. The molecule has 170 valence electrons. The van der Waals surface area contributed by atoms with Gasteiger partial charge in [0.05, 0.1) is 11.9 Å². The molecule has 0 aromatic carbocycles. The Hall–Kier alpha value is -2.87. The average Bonchev–Trinajstić information content (AvgIpc) is 3.34. The van der Waals surface area contributed by atoms with E-state index in [-0.39, 0.29) is 11.5 Å². The van der Waals surface area contributed by atoms with E-state index in [1.165, 1.54) is 0 Å². The number of anilines is 2. The molecule has 2 fully saturated rings. The summed E-state index contributed by atoms with van der Waals surface area (Å²) in [5.74, 6) is 0.242. The van der Waals surface area contributed by atoms with Gasteiger partial charge < -0.3 is 20.5 Å². The van der Waals surface area contributed by atoms with Gasteiger partial charge in [-0.3, -0.25) is 14.5 Å². The Balaban J connectivity index is 1.18. The number of piperidine rings is 1. The average molecular weight is 437 g/mol. The van der Waals surface area contributed by atoms with Crippen LogP contribution in [0.5, 0.6) is 0 Å². The van der Waals surface area contributed by atoms with Crippen LogP contribution in [-0.2, 0) is 6.42 Å². The van der Waals surface area contributed by atoms with Crippen molar-refractivity contribution < 1.29 is 4.79 Å². The van der Waals surface area contributed by atoms with Gasteiger partial charge in [-0.25, -0.2) is 4.98 Å². The molecule has 0 radical (unpaired) electrons. The predicted molar refractivity (Wildman–Crippen MR) is 126 cm³/mol. The van der Waals surface area contributed by atoms with Gasteiger partial charge in [-0.2, -0.15) is 0 Å². The van der Waals surface area contributed by atoms with Crippen LogP contribution in [0.1, 0.15) is 53.3 Å². The summed E-state index contributed by atoms with van der Waals surface area (Å²) in [5.41, 5.74) is 4.66. The van der Waals surface area contributed by atoms with Crippen LogP contribution in [0.2, 0.25) is 0 Å². The van der Waals surface area contributed by atoms with Crippen LogP contribution in [0.25, 0.3) is 0 Å². The van der Waals surface area contributed by atoms with Crippen molar-refractivity contribution in [2.24, 2.45) is 0 Å². The zero-order valence-corrected chi connectivity index (χ0v) is 18.7. The van der Waals surface area contributed by atoms with E-state index < -0.39 is 0 Å². The van der Waals surface area contributed by atoms with Crippen LogP contribution in [0, 0.1) is 0 Å². The highest BCUT2D eigenvalue weighted by Crippen LogP contribution is 2.32. The molecule has 5 heterocycles. The monoisotopic (exact) mass is 436 g/mol. The Morgan fingerprint density at radius 2 is 2.03 bits per heavy atom. The number of aromatic nitrogens is 2. The summed E-state index contributed by atoms with van der Waals surface area (Å²) < 4.78 is 0. The Morgan fingerprint density at radius 3 is 2.78 bits per heavy atom. The third-order valence-electron chi connectivity index (χ3n) is 7.29. The summed E-state index contributed by atoms with van der Waals surface area (Å²) >= 11 is 0. The van der Waals surface area contributed by atoms with Gasteiger partial charge in [0.15, 0.2) is 0 Å². The smallest absolute Gasteiger partial charge is 0.269 e. The molecule has 1 unspecified atom stereocenters. The molecule has 8 heteroatoms. The molecule has 3 N–H and O–H groups in total. The maximum atomic E-state index is 12.5. The van der Waals surface area contributed by atoms with E-state index in [1.54, 1.807) is 19.3 Å². The molecule has 32 heavy (non-hydrogen) atoms. The molecule has 3 aliphatic rings. The quantitative estimate of drug-likeness (QED) is 0.678. The van der Waals surface area contributed by atoms with E-state index >= 15 is 0 Å². The molecule has 8 nitrogen and oxygen atoms in total. The van der Waals surface area contributed by atoms with Gasteiger partial charge in [-0.15, -0.1) is 0 Å². The minimum absolute atomic E-state index is 0.0903. The van der Waals surface area contributed by atoms with E-state index in [1.807, 2.05) is 6.07 Å². The molecule has 0 aliphatic carbocycles. The first kappa shape index (κ1) is 21.0. The van der Waals surface area contributed by atoms with Crippen LogP contribution < -0.4 is 21.1 Å². The van der Waals surface area contributed by atoms with E-state index in [9.17, 15) is 9.59 Å². The summed E-state index contributed by atoms with van der Waals surface area (Å²) in [6.45, 7) is 5.04. The SMILES string of the molecule is CNC(=O)c1ccc(N2CCC(N3CCC(c4cc5c(c(=O)[nH]4)CCCN5)C3)CC2)cn1. The fraction of sp³-hybridized carbons (Fsp3) is 0.542. The molecule has 3 aliphatic heterocycles. The van der Waals surface area contributed by atoms with Crippen molar-refractivity contribution in [3.8, 4) is 0 Å². The largest absolute Gasteiger partial charge is 0.385 e. The molecule has 0 spiro atoms. The van der Waals surface area contributed by atoms with Crippen molar-refractivity contribution in [1.29, 1.82) is 0 Å². The fourth-order valence-corrected chi connectivity index (χ4v) is 5.42. The number of fused-ring (bicyclic) bond motifs is 1. The van der Waals surface area contributed by atoms with E-state index in [0.717, 1.165) is 87.5 Å². The molecule has 2 aromatic heterocycles. The first-order valence-electron chi connectivity index (χ1n) is 11.8. The van der Waals surface area contributed by atoms with E-state index in [2.05, 4.69) is 36.5 Å². The van der Waals surface area contributed by atoms with Gasteiger partial charge in [0.25, 0.3) is 11.5 Å². The highest BCUT2D eigenvalue weighted by Gasteiger charge is 2.32. The summed E-state index contributed by atoms with van der Waals surface area (Å²) in [4.78, 5) is 36.7. The van der Waals surface area contributed by atoms with Gasteiger partial charge in [-0.1, -0.05) is 0 Å². The minimum Gasteiger partial charge on any atom is -0.385 e. The summed E-state index contributed by atoms with van der Waals surface area (Å²) in [6.07, 6.45) is 7.03. The van der Waals surface area contributed by atoms with Gasteiger partial charge in [0, 0.05) is 62.1 Å². The van der Waals surface area contributed by atoms with E-state index in [0.29, 0.717) is 17.7 Å². The van der Waals surface area contributed by atoms with Gasteiger partial charge in [-0.05, 0) is 56.8 Å². The Bertz CT molecular complexity index is 1030. The van der Waals surface area contributed by atoms with E-state index in [4.69, 9.17) is 0 Å². The second kappa shape index (κ2) is 8.94. The van der Waals surface area contributed by atoms with Crippen molar-refractivity contribution in [2.45, 2.75) is 44.1 Å². The molecule has 0 bridgehead atoms. The number of carbonyl (C=O) groups excluding carboxylic acids is 1. The van der Waals surface area contributed by atoms with Gasteiger partial charge >= 0.3 is 0 Å². The van der Waals surface area contributed by atoms with Crippen LogP contribution in [0.4, 0.5) is 11.4 Å². The number of nitrogens with one attached hydrogen (secondary N) is 3. The van der Waals surface area contributed by atoms with Crippen molar-refractivity contribution in [1.82, 2.24) is 20.2 Å².